The minimum Gasteiger partial charge on any atom is -0.481 e. The first-order chi connectivity index (χ1) is 11.1. The zero-order valence-electron chi connectivity index (χ0n) is 13.3. The number of carboxylic acids is 1. The highest BCUT2D eigenvalue weighted by Gasteiger charge is 2.33. The number of carboxylic acid groups (broad SMARTS) is 1. The van der Waals surface area contributed by atoms with Crippen LogP contribution in [0.5, 0.6) is 0 Å². The minimum absolute atomic E-state index is 0.0130. The molecule has 1 aromatic carbocycles. The second-order valence-corrected chi connectivity index (χ2v) is 6.56. The maximum Gasteiger partial charge on any atom is 0.306 e. The number of aryl methyl sites for hydroxylation is 1. The molecular weight excluding hydrogens is 292 g/mol. The normalized spacial score (nSPS) is 23.4. The molecule has 1 heterocycles. The number of hydrogen-bond donors (Lipinski definition) is 2. The van der Waals surface area contributed by atoms with Gasteiger partial charge in [0.1, 0.15) is 0 Å². The minimum atomic E-state index is -0.773. The van der Waals surface area contributed by atoms with Crippen LogP contribution >= 0.6 is 0 Å². The van der Waals surface area contributed by atoms with E-state index >= 15 is 0 Å². The number of nitrogens with one attached hydrogen (secondary N) is 1. The Morgan fingerprint density at radius 2 is 2.00 bits per heavy atom. The number of aliphatic carboxylic acids is 1. The summed E-state index contributed by atoms with van der Waals surface area (Å²) in [5.41, 5.74) is 2.66. The standard InChI is InChI=1S/C18H24N2O3/c21-17(14-7-8-15(12-14)18(22)23)19-9-11-20-10-3-5-13-4-1-2-6-16(13)20/h1-2,4,6,14-15H,3,5,7-12H2,(H,19,21)(H,22,23)/t14-,15+/m1/s1. The van der Waals surface area contributed by atoms with Crippen molar-refractivity contribution in [1.82, 2.24) is 5.32 Å². The lowest BCUT2D eigenvalue weighted by Gasteiger charge is -2.31. The van der Waals surface area contributed by atoms with E-state index in [1.165, 1.54) is 11.3 Å². The van der Waals surface area contributed by atoms with Gasteiger partial charge >= 0.3 is 5.97 Å². The summed E-state index contributed by atoms with van der Waals surface area (Å²) < 4.78 is 0. The number of nitrogens with zero attached hydrogens (tertiary/aromatic N) is 1. The first-order valence-corrected chi connectivity index (χ1v) is 8.48. The lowest BCUT2D eigenvalue weighted by molar-refractivity contribution is -0.141. The van der Waals surface area contributed by atoms with Crippen molar-refractivity contribution in [3.63, 3.8) is 0 Å². The fraction of sp³-hybridized carbons (Fsp3) is 0.556. The van der Waals surface area contributed by atoms with Crippen LogP contribution in [0.15, 0.2) is 24.3 Å². The zero-order valence-corrected chi connectivity index (χ0v) is 13.3. The summed E-state index contributed by atoms with van der Waals surface area (Å²) in [7, 11) is 0. The topological polar surface area (TPSA) is 69.6 Å². The molecule has 0 unspecified atom stereocenters. The molecule has 2 atom stereocenters. The van der Waals surface area contributed by atoms with E-state index in [-0.39, 0.29) is 17.7 Å². The maximum absolute atomic E-state index is 12.2. The molecular formula is C18H24N2O3. The highest BCUT2D eigenvalue weighted by molar-refractivity contribution is 5.80. The first kappa shape index (κ1) is 15.8. The molecule has 1 fully saturated rings. The second kappa shape index (κ2) is 7.02. The average molecular weight is 316 g/mol. The molecule has 5 nitrogen and oxygen atoms in total. The number of para-hydroxylation sites is 1. The smallest absolute Gasteiger partial charge is 0.306 e. The van der Waals surface area contributed by atoms with Gasteiger partial charge in [0.05, 0.1) is 5.92 Å². The highest BCUT2D eigenvalue weighted by Crippen LogP contribution is 2.31. The van der Waals surface area contributed by atoms with E-state index < -0.39 is 5.97 Å². The van der Waals surface area contributed by atoms with E-state index in [0.717, 1.165) is 25.9 Å². The molecule has 23 heavy (non-hydrogen) atoms. The van der Waals surface area contributed by atoms with Crippen LogP contribution in [0.4, 0.5) is 5.69 Å². The van der Waals surface area contributed by atoms with Crippen LogP contribution in [0, 0.1) is 11.8 Å². The molecule has 1 aliphatic heterocycles. The van der Waals surface area contributed by atoms with E-state index in [2.05, 4.69) is 34.5 Å². The van der Waals surface area contributed by atoms with Gasteiger partial charge in [-0.2, -0.15) is 0 Å². The number of fused-ring (bicyclic) bond motifs is 1. The van der Waals surface area contributed by atoms with Crippen molar-refractivity contribution in [1.29, 1.82) is 0 Å². The van der Waals surface area contributed by atoms with Gasteiger partial charge < -0.3 is 15.3 Å². The van der Waals surface area contributed by atoms with Crippen molar-refractivity contribution < 1.29 is 14.7 Å². The number of benzene rings is 1. The predicted octanol–water partition coefficient (Wildman–Crippen LogP) is 2.06. The number of rotatable bonds is 5. The Balaban J connectivity index is 1.47. The Kier molecular flexibility index (Phi) is 4.84. The summed E-state index contributed by atoms with van der Waals surface area (Å²) in [6.07, 6.45) is 4.06. The molecule has 0 spiro atoms. The molecule has 124 valence electrons. The van der Waals surface area contributed by atoms with Crippen molar-refractivity contribution in [3.8, 4) is 0 Å². The van der Waals surface area contributed by atoms with E-state index in [9.17, 15) is 9.59 Å². The summed E-state index contributed by atoms with van der Waals surface area (Å²) in [6.45, 7) is 2.44. The molecule has 1 amide bonds. The molecule has 1 aliphatic carbocycles. The molecule has 0 radical (unpaired) electrons. The van der Waals surface area contributed by atoms with Crippen LogP contribution in [0.1, 0.15) is 31.2 Å². The molecule has 5 heteroatoms. The molecule has 2 N–H and O–H groups in total. The van der Waals surface area contributed by atoms with Gasteiger partial charge in [0.2, 0.25) is 5.91 Å². The third kappa shape index (κ3) is 3.66. The van der Waals surface area contributed by atoms with Gasteiger partial charge in [-0.3, -0.25) is 9.59 Å². The maximum atomic E-state index is 12.2. The number of anilines is 1. The first-order valence-electron chi connectivity index (χ1n) is 8.48. The Morgan fingerprint density at radius 3 is 2.78 bits per heavy atom. The van der Waals surface area contributed by atoms with Crippen LogP contribution in [-0.2, 0) is 16.0 Å². The molecule has 1 aromatic rings. The van der Waals surface area contributed by atoms with Crippen LogP contribution in [-0.4, -0.2) is 36.6 Å². The SMILES string of the molecule is O=C(O)[C@H]1CC[C@@H](C(=O)NCCN2CCCc3ccccc32)C1. The van der Waals surface area contributed by atoms with Crippen molar-refractivity contribution in [2.75, 3.05) is 24.5 Å². The van der Waals surface area contributed by atoms with E-state index in [4.69, 9.17) is 5.11 Å². The van der Waals surface area contributed by atoms with Gasteiger partial charge in [-0.05, 0) is 43.7 Å². The van der Waals surface area contributed by atoms with Crippen molar-refractivity contribution in [2.45, 2.75) is 32.1 Å². The average Bonchev–Trinajstić information content (AvgIpc) is 3.05. The summed E-state index contributed by atoms with van der Waals surface area (Å²) in [5, 5.41) is 12.0. The Morgan fingerprint density at radius 1 is 1.22 bits per heavy atom. The third-order valence-corrected chi connectivity index (χ3v) is 5.04. The zero-order chi connectivity index (χ0) is 16.2. The van der Waals surface area contributed by atoms with Crippen LogP contribution in [0.3, 0.4) is 0 Å². The lowest BCUT2D eigenvalue weighted by Crippen LogP contribution is -2.39. The van der Waals surface area contributed by atoms with Crippen LogP contribution < -0.4 is 10.2 Å². The van der Waals surface area contributed by atoms with Gasteiger partial charge in [0.25, 0.3) is 0 Å². The van der Waals surface area contributed by atoms with Crippen molar-refractivity contribution in [2.24, 2.45) is 11.8 Å². The fourth-order valence-corrected chi connectivity index (χ4v) is 3.75. The Bertz CT molecular complexity index is 587. The van der Waals surface area contributed by atoms with E-state index in [0.29, 0.717) is 25.8 Å². The Labute approximate surface area is 136 Å². The highest BCUT2D eigenvalue weighted by atomic mass is 16.4. The molecule has 0 aromatic heterocycles. The summed E-state index contributed by atoms with van der Waals surface area (Å²) in [4.78, 5) is 25.5. The van der Waals surface area contributed by atoms with E-state index in [1.807, 2.05) is 0 Å². The molecule has 1 saturated carbocycles. The van der Waals surface area contributed by atoms with Gasteiger partial charge in [0.15, 0.2) is 0 Å². The van der Waals surface area contributed by atoms with E-state index in [1.54, 1.807) is 0 Å². The second-order valence-electron chi connectivity index (χ2n) is 6.56. The predicted molar refractivity (Wildman–Crippen MR) is 88.5 cm³/mol. The number of carbonyl (C=O) groups excluding carboxylic acids is 1. The summed E-state index contributed by atoms with van der Waals surface area (Å²) in [5.74, 6) is -1.24. The van der Waals surface area contributed by atoms with Crippen LogP contribution in [0.2, 0.25) is 0 Å². The van der Waals surface area contributed by atoms with Gasteiger partial charge in [-0.15, -0.1) is 0 Å². The Hall–Kier alpha value is -2.04. The number of carbonyl (C=O) groups is 2. The number of hydrogen-bond acceptors (Lipinski definition) is 3. The monoisotopic (exact) mass is 316 g/mol. The van der Waals surface area contributed by atoms with Crippen molar-refractivity contribution >= 4 is 17.6 Å². The largest absolute Gasteiger partial charge is 0.481 e. The third-order valence-electron chi connectivity index (χ3n) is 5.04. The fourth-order valence-electron chi connectivity index (χ4n) is 3.75. The van der Waals surface area contributed by atoms with Gasteiger partial charge in [0, 0.05) is 31.2 Å². The summed E-state index contributed by atoms with van der Waals surface area (Å²) in [6, 6.07) is 8.44. The summed E-state index contributed by atoms with van der Waals surface area (Å²) >= 11 is 0. The molecule has 3 rings (SSSR count). The van der Waals surface area contributed by atoms with Gasteiger partial charge in [-0.25, -0.2) is 0 Å². The number of amides is 1. The molecule has 0 bridgehead atoms. The molecule has 0 saturated heterocycles. The van der Waals surface area contributed by atoms with Crippen molar-refractivity contribution in [3.05, 3.63) is 29.8 Å². The van der Waals surface area contributed by atoms with Gasteiger partial charge in [-0.1, -0.05) is 18.2 Å². The van der Waals surface area contributed by atoms with Crippen LogP contribution in [0.25, 0.3) is 0 Å². The lowest BCUT2D eigenvalue weighted by atomic mass is 10.0. The molecule has 2 aliphatic rings. The quantitative estimate of drug-likeness (QED) is 0.872.